The first-order valence-electron chi connectivity index (χ1n) is 6.61. The van der Waals surface area contributed by atoms with Crippen molar-refractivity contribution in [3.8, 4) is 0 Å². The Hall–Kier alpha value is -1.23. The van der Waals surface area contributed by atoms with Gasteiger partial charge in [0, 0.05) is 12.1 Å². The molecular weight excluding hydrogens is 246 g/mol. The number of hydrogen-bond donors (Lipinski definition) is 3. The van der Waals surface area contributed by atoms with Crippen molar-refractivity contribution >= 4 is 27.9 Å². The molecule has 1 aliphatic carbocycles. The molecular formula is C13H21N3OS. The number of primary amides is 1. The Morgan fingerprint density at radius 2 is 2.17 bits per heavy atom. The maximum Gasteiger partial charge on any atom is 0.260 e. The summed E-state index contributed by atoms with van der Waals surface area (Å²) in [5.74, 6) is 0.115. The van der Waals surface area contributed by atoms with Crippen molar-refractivity contribution in [2.45, 2.75) is 44.9 Å². The van der Waals surface area contributed by atoms with Crippen LogP contribution in [0.25, 0.3) is 0 Å². The van der Waals surface area contributed by atoms with Gasteiger partial charge in [-0.2, -0.15) is 0 Å². The summed E-state index contributed by atoms with van der Waals surface area (Å²) in [6.07, 6.45) is 5.90. The molecule has 1 aromatic rings. The molecule has 1 saturated carbocycles. The molecule has 0 bridgehead atoms. The van der Waals surface area contributed by atoms with E-state index in [0.717, 1.165) is 23.5 Å². The van der Waals surface area contributed by atoms with Gasteiger partial charge in [0.25, 0.3) is 5.91 Å². The highest BCUT2D eigenvalue weighted by Gasteiger charge is 2.32. The van der Waals surface area contributed by atoms with E-state index in [9.17, 15) is 4.79 Å². The second kappa shape index (κ2) is 5.61. The Kier molecular flexibility index (Phi) is 4.11. The fraction of sp³-hybridized carbons (Fsp3) is 0.615. The van der Waals surface area contributed by atoms with Gasteiger partial charge in [0.05, 0.1) is 10.7 Å². The number of hydrogen-bond acceptors (Lipinski definition) is 4. The van der Waals surface area contributed by atoms with Crippen LogP contribution in [-0.2, 0) is 0 Å². The van der Waals surface area contributed by atoms with Gasteiger partial charge in [0.1, 0.15) is 4.88 Å². The van der Waals surface area contributed by atoms with Crippen LogP contribution in [0.4, 0.5) is 10.7 Å². The highest BCUT2D eigenvalue weighted by molar-refractivity contribution is 7.18. The molecule has 1 aromatic heterocycles. The van der Waals surface area contributed by atoms with Crippen molar-refractivity contribution in [2.75, 3.05) is 17.6 Å². The molecule has 1 fully saturated rings. The topological polar surface area (TPSA) is 81.1 Å². The third-order valence-corrected chi connectivity index (χ3v) is 4.45. The number of anilines is 2. The van der Waals surface area contributed by atoms with Gasteiger partial charge in [-0.1, -0.05) is 19.8 Å². The van der Waals surface area contributed by atoms with E-state index in [4.69, 9.17) is 11.5 Å². The van der Waals surface area contributed by atoms with E-state index in [1.54, 1.807) is 0 Å². The van der Waals surface area contributed by atoms with Crippen molar-refractivity contribution in [3.63, 3.8) is 0 Å². The highest BCUT2D eigenvalue weighted by Crippen LogP contribution is 2.50. The number of rotatable bonds is 7. The maximum absolute atomic E-state index is 11.3. The molecule has 5 N–H and O–H groups in total. The molecule has 0 atom stereocenters. The summed E-state index contributed by atoms with van der Waals surface area (Å²) in [6.45, 7) is 3.12. The Morgan fingerprint density at radius 3 is 2.72 bits per heavy atom. The molecule has 18 heavy (non-hydrogen) atoms. The standard InChI is InChI=1S/C13H21N3OS/c1-2-3-4-7-16-13-9(8-5-6-8)10(14)11(18-13)12(15)17/h8,16H,2-7,14H2,1H3,(H2,15,17). The minimum atomic E-state index is -0.416. The highest BCUT2D eigenvalue weighted by atomic mass is 32.1. The van der Waals surface area contributed by atoms with Gasteiger partial charge >= 0.3 is 0 Å². The van der Waals surface area contributed by atoms with Crippen LogP contribution in [0.5, 0.6) is 0 Å². The minimum absolute atomic E-state index is 0.416. The second-order valence-corrected chi connectivity index (χ2v) is 5.88. The van der Waals surface area contributed by atoms with Crippen LogP contribution in [0.15, 0.2) is 0 Å². The third-order valence-electron chi connectivity index (χ3n) is 3.26. The lowest BCUT2D eigenvalue weighted by Gasteiger charge is -2.06. The molecule has 1 heterocycles. The lowest BCUT2D eigenvalue weighted by molar-refractivity contribution is 0.100. The van der Waals surface area contributed by atoms with Crippen molar-refractivity contribution < 1.29 is 4.79 Å². The summed E-state index contributed by atoms with van der Waals surface area (Å²) in [5, 5.41) is 4.47. The van der Waals surface area contributed by atoms with E-state index < -0.39 is 5.91 Å². The smallest absolute Gasteiger partial charge is 0.260 e. The second-order valence-electron chi connectivity index (χ2n) is 4.86. The monoisotopic (exact) mass is 267 g/mol. The van der Waals surface area contributed by atoms with Crippen LogP contribution in [0.3, 0.4) is 0 Å². The fourth-order valence-corrected chi connectivity index (χ4v) is 3.21. The van der Waals surface area contributed by atoms with Crippen molar-refractivity contribution in [2.24, 2.45) is 5.73 Å². The summed E-state index contributed by atoms with van der Waals surface area (Å²) in [4.78, 5) is 11.8. The number of carbonyl (C=O) groups is 1. The van der Waals surface area contributed by atoms with E-state index in [2.05, 4.69) is 12.2 Å². The number of nitrogens with one attached hydrogen (secondary N) is 1. The molecule has 0 unspecified atom stereocenters. The Morgan fingerprint density at radius 1 is 1.44 bits per heavy atom. The number of carbonyl (C=O) groups excluding carboxylic acids is 1. The molecule has 1 amide bonds. The number of nitrogens with two attached hydrogens (primary N) is 2. The van der Waals surface area contributed by atoms with Gasteiger partial charge in [-0.25, -0.2) is 0 Å². The first-order valence-corrected chi connectivity index (χ1v) is 7.42. The Balaban J connectivity index is 2.12. The molecule has 4 nitrogen and oxygen atoms in total. The largest absolute Gasteiger partial charge is 0.397 e. The Labute approximate surface area is 112 Å². The van der Waals surface area contributed by atoms with E-state index in [1.165, 1.54) is 37.0 Å². The van der Waals surface area contributed by atoms with Gasteiger partial charge < -0.3 is 16.8 Å². The predicted molar refractivity (Wildman–Crippen MR) is 77.2 cm³/mol. The minimum Gasteiger partial charge on any atom is -0.397 e. The molecule has 5 heteroatoms. The summed E-state index contributed by atoms with van der Waals surface area (Å²) in [6, 6.07) is 0. The number of thiophene rings is 1. The van der Waals surface area contributed by atoms with Crippen molar-refractivity contribution in [1.82, 2.24) is 0 Å². The van der Waals surface area contributed by atoms with Crippen LogP contribution in [0, 0.1) is 0 Å². The molecule has 0 aliphatic heterocycles. The van der Waals surface area contributed by atoms with Crippen LogP contribution < -0.4 is 16.8 Å². The zero-order valence-corrected chi connectivity index (χ0v) is 11.6. The zero-order chi connectivity index (χ0) is 13.1. The normalized spacial score (nSPS) is 14.7. The molecule has 100 valence electrons. The molecule has 1 aliphatic rings. The lowest BCUT2D eigenvalue weighted by Crippen LogP contribution is -2.11. The van der Waals surface area contributed by atoms with Gasteiger partial charge in [-0.05, 0) is 25.2 Å². The molecule has 2 rings (SSSR count). The van der Waals surface area contributed by atoms with Crippen molar-refractivity contribution in [1.29, 1.82) is 0 Å². The first-order chi connectivity index (χ1) is 8.65. The van der Waals surface area contributed by atoms with Crippen molar-refractivity contribution in [3.05, 3.63) is 10.4 Å². The van der Waals surface area contributed by atoms with E-state index in [0.29, 0.717) is 16.5 Å². The number of nitrogen functional groups attached to an aromatic ring is 1. The van der Waals surface area contributed by atoms with Gasteiger partial charge in [0.2, 0.25) is 0 Å². The summed E-state index contributed by atoms with van der Waals surface area (Å²) < 4.78 is 0. The predicted octanol–water partition coefficient (Wildman–Crippen LogP) is 2.91. The lowest BCUT2D eigenvalue weighted by atomic mass is 10.1. The zero-order valence-electron chi connectivity index (χ0n) is 10.8. The number of amides is 1. The molecule has 0 spiro atoms. The van der Waals surface area contributed by atoms with Crippen LogP contribution >= 0.6 is 11.3 Å². The SMILES string of the molecule is CCCCCNc1sc(C(N)=O)c(N)c1C1CC1. The van der Waals surface area contributed by atoms with Gasteiger partial charge in [-0.3, -0.25) is 4.79 Å². The van der Waals surface area contributed by atoms with Gasteiger partial charge in [0.15, 0.2) is 0 Å². The summed E-state index contributed by atoms with van der Waals surface area (Å²) >= 11 is 1.41. The average molecular weight is 267 g/mol. The first kappa shape index (κ1) is 13.2. The van der Waals surface area contributed by atoms with Gasteiger partial charge in [-0.15, -0.1) is 11.3 Å². The average Bonchev–Trinajstić information content (AvgIpc) is 3.10. The van der Waals surface area contributed by atoms with E-state index in [-0.39, 0.29) is 0 Å². The maximum atomic E-state index is 11.3. The summed E-state index contributed by atoms with van der Waals surface area (Å²) in [5.41, 5.74) is 13.1. The van der Waals surface area contributed by atoms with E-state index in [1.807, 2.05) is 0 Å². The third kappa shape index (κ3) is 2.77. The van der Waals surface area contributed by atoms with E-state index >= 15 is 0 Å². The fourth-order valence-electron chi connectivity index (χ4n) is 2.13. The molecule has 0 saturated heterocycles. The van der Waals surface area contributed by atoms with Crippen LogP contribution in [0.2, 0.25) is 0 Å². The quantitative estimate of drug-likeness (QED) is 0.664. The number of unbranched alkanes of at least 4 members (excludes halogenated alkanes) is 2. The van der Waals surface area contributed by atoms with Crippen LogP contribution in [-0.4, -0.2) is 12.5 Å². The molecule has 0 radical (unpaired) electrons. The Bertz CT molecular complexity index is 438. The molecule has 0 aromatic carbocycles. The summed E-state index contributed by atoms with van der Waals surface area (Å²) in [7, 11) is 0. The van der Waals surface area contributed by atoms with Crippen LogP contribution in [0.1, 0.15) is 60.2 Å².